The van der Waals surface area contributed by atoms with Gasteiger partial charge >= 0.3 is 0 Å². The first-order chi connectivity index (χ1) is 8.52. The molecule has 0 aromatic heterocycles. The van der Waals surface area contributed by atoms with Crippen molar-refractivity contribution in [2.24, 2.45) is 0 Å². The minimum Gasteiger partial charge on any atom is -0.389 e. The van der Waals surface area contributed by atoms with E-state index in [9.17, 15) is 10.2 Å². The Bertz CT molecular complexity index is 417. The molecule has 1 aliphatic heterocycles. The molecule has 1 fully saturated rings. The number of hydrogen-bond donors (Lipinski definition) is 3. The highest BCUT2D eigenvalue weighted by atomic mass is 35.5. The Morgan fingerprint density at radius 2 is 1.94 bits per heavy atom. The van der Waals surface area contributed by atoms with E-state index in [1.54, 1.807) is 0 Å². The van der Waals surface area contributed by atoms with E-state index in [1.807, 2.05) is 37.1 Å². The monoisotopic (exact) mass is 270 g/mol. The van der Waals surface area contributed by atoms with Crippen LogP contribution < -0.4 is 10.2 Å². The highest BCUT2D eigenvalue weighted by molar-refractivity contribution is 6.31. The molecule has 3 unspecified atom stereocenters. The molecule has 1 aromatic rings. The number of hydrogen-bond acceptors (Lipinski definition) is 4. The van der Waals surface area contributed by atoms with Crippen LogP contribution in [0.4, 0.5) is 5.69 Å². The molecule has 100 valence electrons. The van der Waals surface area contributed by atoms with Gasteiger partial charge in [0.25, 0.3) is 0 Å². The third kappa shape index (κ3) is 2.62. The van der Waals surface area contributed by atoms with Crippen LogP contribution >= 0.6 is 11.6 Å². The standard InChI is InChI=1S/C13H19ClN2O2/c1-8(15-2)10-4-3-9(5-11(10)14)16-6-12(17)13(18)7-16/h3-5,8,12-13,15,17-18H,6-7H2,1-2H3. The third-order valence-electron chi connectivity index (χ3n) is 3.51. The smallest absolute Gasteiger partial charge is 0.0990 e. The molecule has 0 spiro atoms. The molecule has 2 rings (SSSR count). The highest BCUT2D eigenvalue weighted by Gasteiger charge is 2.29. The zero-order chi connectivity index (χ0) is 13.3. The van der Waals surface area contributed by atoms with Crippen molar-refractivity contribution in [3.63, 3.8) is 0 Å². The Kier molecular flexibility index (Phi) is 4.12. The Labute approximate surface area is 112 Å². The van der Waals surface area contributed by atoms with Crippen LogP contribution in [-0.2, 0) is 0 Å². The van der Waals surface area contributed by atoms with Gasteiger partial charge in [0.2, 0.25) is 0 Å². The zero-order valence-electron chi connectivity index (χ0n) is 10.6. The lowest BCUT2D eigenvalue weighted by Crippen LogP contribution is -2.22. The molecule has 0 radical (unpaired) electrons. The van der Waals surface area contributed by atoms with Crippen LogP contribution in [0.25, 0.3) is 0 Å². The number of nitrogens with one attached hydrogen (secondary N) is 1. The first kappa shape index (κ1) is 13.6. The van der Waals surface area contributed by atoms with Crippen LogP contribution in [0.15, 0.2) is 18.2 Å². The van der Waals surface area contributed by atoms with Gasteiger partial charge in [-0.05, 0) is 31.7 Å². The lowest BCUT2D eigenvalue weighted by molar-refractivity contribution is 0.0572. The van der Waals surface area contributed by atoms with Gasteiger partial charge in [-0.3, -0.25) is 0 Å². The predicted octanol–water partition coefficient (Wildman–Crippen LogP) is 1.16. The van der Waals surface area contributed by atoms with E-state index < -0.39 is 12.2 Å². The molecule has 0 aliphatic carbocycles. The lowest BCUT2D eigenvalue weighted by Gasteiger charge is -2.20. The van der Waals surface area contributed by atoms with Gasteiger partial charge in [0.05, 0.1) is 12.2 Å². The van der Waals surface area contributed by atoms with Crippen LogP contribution in [0.5, 0.6) is 0 Å². The van der Waals surface area contributed by atoms with Crippen LogP contribution in [0, 0.1) is 0 Å². The van der Waals surface area contributed by atoms with Crippen LogP contribution in [0.3, 0.4) is 0 Å². The van der Waals surface area contributed by atoms with Crippen molar-refractivity contribution in [3.8, 4) is 0 Å². The molecule has 0 amide bonds. The maximum atomic E-state index is 9.54. The van der Waals surface area contributed by atoms with Gasteiger partial charge in [-0.15, -0.1) is 0 Å². The second-order valence-electron chi connectivity index (χ2n) is 4.76. The fourth-order valence-corrected chi connectivity index (χ4v) is 2.54. The maximum absolute atomic E-state index is 9.54. The van der Waals surface area contributed by atoms with Gasteiger partial charge in [-0.2, -0.15) is 0 Å². The van der Waals surface area contributed by atoms with Crippen LogP contribution in [0.1, 0.15) is 18.5 Å². The summed E-state index contributed by atoms with van der Waals surface area (Å²) in [6.45, 7) is 2.93. The molecule has 1 heterocycles. The second-order valence-corrected chi connectivity index (χ2v) is 5.16. The van der Waals surface area contributed by atoms with Crippen molar-refractivity contribution in [3.05, 3.63) is 28.8 Å². The number of nitrogens with zero attached hydrogens (tertiary/aromatic N) is 1. The molecular formula is C13H19ClN2O2. The first-order valence-corrected chi connectivity index (χ1v) is 6.48. The number of anilines is 1. The summed E-state index contributed by atoms with van der Waals surface area (Å²) in [4.78, 5) is 1.94. The molecule has 1 aliphatic rings. The van der Waals surface area contributed by atoms with E-state index in [4.69, 9.17) is 11.6 Å². The molecule has 5 heteroatoms. The van der Waals surface area contributed by atoms with Gasteiger partial charge in [0, 0.05) is 29.8 Å². The predicted molar refractivity (Wildman–Crippen MR) is 73.2 cm³/mol. The summed E-state index contributed by atoms with van der Waals surface area (Å²) < 4.78 is 0. The van der Waals surface area contributed by atoms with Crippen molar-refractivity contribution in [1.82, 2.24) is 5.32 Å². The number of rotatable bonds is 3. The minimum absolute atomic E-state index is 0.196. The van der Waals surface area contributed by atoms with Gasteiger partial charge in [0.15, 0.2) is 0 Å². The summed E-state index contributed by atoms with van der Waals surface area (Å²) in [7, 11) is 1.89. The molecule has 1 saturated heterocycles. The van der Waals surface area contributed by atoms with E-state index in [-0.39, 0.29) is 6.04 Å². The van der Waals surface area contributed by atoms with Gasteiger partial charge in [0.1, 0.15) is 0 Å². The number of aliphatic hydroxyl groups is 2. The minimum atomic E-state index is -0.681. The summed E-state index contributed by atoms with van der Waals surface area (Å²) in [5, 5.41) is 22.9. The molecular weight excluding hydrogens is 252 g/mol. The highest BCUT2D eigenvalue weighted by Crippen LogP contribution is 2.29. The van der Waals surface area contributed by atoms with Gasteiger partial charge < -0.3 is 20.4 Å². The quantitative estimate of drug-likeness (QED) is 0.772. The van der Waals surface area contributed by atoms with E-state index in [0.717, 1.165) is 11.3 Å². The van der Waals surface area contributed by atoms with Crippen molar-refractivity contribution in [1.29, 1.82) is 0 Å². The van der Waals surface area contributed by atoms with E-state index >= 15 is 0 Å². The Balaban J connectivity index is 2.19. The third-order valence-corrected chi connectivity index (χ3v) is 3.84. The Morgan fingerprint density at radius 1 is 1.33 bits per heavy atom. The average molecular weight is 271 g/mol. The molecule has 4 nitrogen and oxygen atoms in total. The largest absolute Gasteiger partial charge is 0.389 e. The van der Waals surface area contributed by atoms with Crippen molar-refractivity contribution in [2.75, 3.05) is 25.0 Å². The van der Waals surface area contributed by atoms with Crippen LogP contribution in [-0.4, -0.2) is 42.6 Å². The number of aliphatic hydroxyl groups excluding tert-OH is 2. The van der Waals surface area contributed by atoms with E-state index in [2.05, 4.69) is 5.32 Å². The second kappa shape index (κ2) is 5.45. The number of β-amino-alcohol motifs (C(OH)–C–C–N with tert-alkyl or cyclic N) is 2. The Morgan fingerprint density at radius 3 is 2.44 bits per heavy atom. The number of halogens is 1. The molecule has 0 saturated carbocycles. The van der Waals surface area contributed by atoms with Crippen molar-refractivity contribution >= 4 is 17.3 Å². The van der Waals surface area contributed by atoms with E-state index in [1.165, 1.54) is 0 Å². The molecule has 1 aromatic carbocycles. The van der Waals surface area contributed by atoms with E-state index in [0.29, 0.717) is 18.1 Å². The van der Waals surface area contributed by atoms with Gasteiger partial charge in [-0.1, -0.05) is 17.7 Å². The molecule has 0 bridgehead atoms. The SMILES string of the molecule is CNC(C)c1ccc(N2CC(O)C(O)C2)cc1Cl. The zero-order valence-corrected chi connectivity index (χ0v) is 11.4. The summed E-state index contributed by atoms with van der Waals surface area (Å²) >= 11 is 6.26. The topological polar surface area (TPSA) is 55.7 Å². The van der Waals surface area contributed by atoms with Gasteiger partial charge in [-0.25, -0.2) is 0 Å². The van der Waals surface area contributed by atoms with Crippen molar-refractivity contribution < 1.29 is 10.2 Å². The van der Waals surface area contributed by atoms with Crippen molar-refractivity contribution in [2.45, 2.75) is 25.2 Å². The Hall–Kier alpha value is -0.810. The maximum Gasteiger partial charge on any atom is 0.0990 e. The molecule has 3 N–H and O–H groups in total. The fourth-order valence-electron chi connectivity index (χ4n) is 2.20. The summed E-state index contributed by atoms with van der Waals surface area (Å²) in [5.41, 5.74) is 1.98. The average Bonchev–Trinajstić information content (AvgIpc) is 2.68. The fraction of sp³-hybridized carbons (Fsp3) is 0.538. The lowest BCUT2D eigenvalue weighted by atomic mass is 10.1. The molecule has 3 atom stereocenters. The summed E-state index contributed by atoms with van der Waals surface area (Å²) in [5.74, 6) is 0. The summed E-state index contributed by atoms with van der Waals surface area (Å²) in [6.07, 6.45) is -1.36. The number of benzene rings is 1. The first-order valence-electron chi connectivity index (χ1n) is 6.10. The summed E-state index contributed by atoms with van der Waals surface area (Å²) in [6, 6.07) is 6.03. The van der Waals surface area contributed by atoms with Crippen LogP contribution in [0.2, 0.25) is 5.02 Å². The normalized spacial score (nSPS) is 25.5. The molecule has 18 heavy (non-hydrogen) atoms.